The van der Waals surface area contributed by atoms with E-state index in [-0.39, 0.29) is 10.6 Å². The lowest BCUT2D eigenvalue weighted by molar-refractivity contribution is 0.182. The summed E-state index contributed by atoms with van der Waals surface area (Å²) < 4.78 is 6.26. The number of nitrogens with zero attached hydrogens (tertiary/aromatic N) is 3. The van der Waals surface area contributed by atoms with Gasteiger partial charge < -0.3 is 10.1 Å². The van der Waals surface area contributed by atoms with Crippen LogP contribution in [-0.4, -0.2) is 54.1 Å². The molecule has 21 heavy (non-hydrogen) atoms. The van der Waals surface area contributed by atoms with Crippen LogP contribution in [0, 0.1) is 0 Å². The van der Waals surface area contributed by atoms with Crippen molar-refractivity contribution in [2.24, 2.45) is 0 Å². The van der Waals surface area contributed by atoms with E-state index in [0.717, 1.165) is 25.7 Å². The molecule has 1 aromatic rings. The van der Waals surface area contributed by atoms with Crippen LogP contribution in [0.1, 0.15) is 19.8 Å². The summed E-state index contributed by atoms with van der Waals surface area (Å²) in [6.45, 7) is 5.77. The molecule has 1 N–H and O–H groups in total. The van der Waals surface area contributed by atoms with Crippen molar-refractivity contribution < 1.29 is 4.74 Å². The lowest BCUT2D eigenvalue weighted by Crippen LogP contribution is -2.31. The summed E-state index contributed by atoms with van der Waals surface area (Å²) in [5.41, 5.74) is 0.315. The third-order valence-corrected chi connectivity index (χ3v) is 4.04. The van der Waals surface area contributed by atoms with E-state index < -0.39 is 0 Å². The quantitative estimate of drug-likeness (QED) is 0.747. The molecule has 0 bridgehead atoms. The molecule has 0 amide bonds. The van der Waals surface area contributed by atoms with E-state index in [4.69, 9.17) is 16.3 Å². The van der Waals surface area contributed by atoms with E-state index in [0.29, 0.717) is 18.8 Å². The van der Waals surface area contributed by atoms with Crippen molar-refractivity contribution in [3.63, 3.8) is 0 Å². The molecule has 0 atom stereocenters. The van der Waals surface area contributed by atoms with Gasteiger partial charge in [0.05, 0.1) is 25.0 Å². The van der Waals surface area contributed by atoms with Gasteiger partial charge in [-0.1, -0.05) is 18.5 Å². The van der Waals surface area contributed by atoms with E-state index in [1.54, 1.807) is 13.3 Å². The van der Waals surface area contributed by atoms with Crippen LogP contribution in [0.3, 0.4) is 0 Å². The third-order valence-electron chi connectivity index (χ3n) is 3.68. The monoisotopic (exact) mass is 314 g/mol. The van der Waals surface area contributed by atoms with Crippen molar-refractivity contribution in [3.8, 4) is 0 Å². The van der Waals surface area contributed by atoms with E-state index in [1.807, 2.05) is 0 Å². The number of anilines is 1. The molecule has 1 heterocycles. The number of ether oxygens (including phenoxy) is 1. The topological polar surface area (TPSA) is 59.4 Å². The maximum Gasteiger partial charge on any atom is 0.287 e. The summed E-state index contributed by atoms with van der Waals surface area (Å²) in [5, 5.41) is 7.50. The summed E-state index contributed by atoms with van der Waals surface area (Å²) in [7, 11) is 1.59. The maximum atomic E-state index is 12.0. The Morgan fingerprint density at radius 3 is 2.95 bits per heavy atom. The predicted molar refractivity (Wildman–Crippen MR) is 84.1 cm³/mol. The molecule has 6 nitrogen and oxygen atoms in total. The van der Waals surface area contributed by atoms with Gasteiger partial charge >= 0.3 is 0 Å². The van der Waals surface area contributed by atoms with Crippen LogP contribution < -0.4 is 10.9 Å². The molecule has 1 aliphatic carbocycles. The Morgan fingerprint density at radius 1 is 1.57 bits per heavy atom. The standard InChI is InChI=1S/C14H23ClN4O2/c1-3-18(11-4-5-11)7-6-16-12-10-17-19(8-9-21-2)14(20)13(12)15/h10-11,16H,3-9H2,1-2H3. The first kappa shape index (κ1) is 16.3. The van der Waals surface area contributed by atoms with Crippen molar-refractivity contribution in [3.05, 3.63) is 21.6 Å². The van der Waals surface area contributed by atoms with Gasteiger partial charge in [0, 0.05) is 26.2 Å². The summed E-state index contributed by atoms with van der Waals surface area (Å²) in [4.78, 5) is 14.5. The van der Waals surface area contributed by atoms with Gasteiger partial charge in [0.25, 0.3) is 5.56 Å². The molecule has 1 aromatic heterocycles. The predicted octanol–water partition coefficient (Wildman–Crippen LogP) is 1.44. The van der Waals surface area contributed by atoms with E-state index in [1.165, 1.54) is 17.5 Å². The van der Waals surface area contributed by atoms with Crippen molar-refractivity contribution in [2.75, 3.05) is 38.7 Å². The molecule has 0 radical (unpaired) electrons. The molecular formula is C14H23ClN4O2. The van der Waals surface area contributed by atoms with Crippen LogP contribution in [0.5, 0.6) is 0 Å². The zero-order chi connectivity index (χ0) is 15.2. The fourth-order valence-corrected chi connectivity index (χ4v) is 2.51. The average molecular weight is 315 g/mol. The molecule has 1 fully saturated rings. The summed E-state index contributed by atoms with van der Waals surface area (Å²) in [5.74, 6) is 0. The molecule has 118 valence electrons. The number of hydrogen-bond donors (Lipinski definition) is 1. The molecule has 0 spiro atoms. The van der Waals surface area contributed by atoms with Crippen molar-refractivity contribution in [2.45, 2.75) is 32.4 Å². The Kier molecular flexibility index (Phi) is 6.02. The van der Waals surface area contributed by atoms with Gasteiger partial charge in [0.2, 0.25) is 0 Å². The molecule has 0 aliphatic heterocycles. The second-order valence-electron chi connectivity index (χ2n) is 5.18. The second kappa shape index (κ2) is 7.77. The van der Waals surface area contributed by atoms with Crippen molar-refractivity contribution in [1.82, 2.24) is 14.7 Å². The van der Waals surface area contributed by atoms with Gasteiger partial charge in [0.1, 0.15) is 5.02 Å². The molecule has 2 rings (SSSR count). The highest BCUT2D eigenvalue weighted by atomic mass is 35.5. The average Bonchev–Trinajstić information content (AvgIpc) is 3.31. The number of halogens is 1. The molecule has 1 saturated carbocycles. The van der Waals surface area contributed by atoms with Gasteiger partial charge in [-0.3, -0.25) is 9.69 Å². The number of hydrogen-bond acceptors (Lipinski definition) is 5. The normalized spacial score (nSPS) is 14.7. The summed E-state index contributed by atoms with van der Waals surface area (Å²) >= 11 is 6.11. The SMILES string of the molecule is CCN(CCNc1cnn(CCOC)c(=O)c1Cl)C1CC1. The number of methoxy groups -OCH3 is 1. The Balaban J connectivity index is 1.91. The van der Waals surface area contributed by atoms with Gasteiger partial charge in [-0.2, -0.15) is 5.10 Å². The highest BCUT2D eigenvalue weighted by Gasteiger charge is 2.27. The highest BCUT2D eigenvalue weighted by Crippen LogP contribution is 2.26. The number of aromatic nitrogens is 2. The molecule has 0 aromatic carbocycles. The fourth-order valence-electron chi connectivity index (χ4n) is 2.30. The number of rotatable bonds is 9. The number of likely N-dealkylation sites (N-methyl/N-ethyl adjacent to an activating group) is 1. The molecule has 1 aliphatic rings. The Labute approximate surface area is 130 Å². The number of nitrogens with one attached hydrogen (secondary N) is 1. The van der Waals surface area contributed by atoms with E-state index >= 15 is 0 Å². The second-order valence-corrected chi connectivity index (χ2v) is 5.56. The minimum atomic E-state index is -0.284. The zero-order valence-electron chi connectivity index (χ0n) is 12.6. The van der Waals surface area contributed by atoms with Gasteiger partial charge in [0.15, 0.2) is 0 Å². The fraction of sp³-hybridized carbons (Fsp3) is 0.714. The molecule has 0 saturated heterocycles. The highest BCUT2D eigenvalue weighted by molar-refractivity contribution is 6.32. The van der Waals surface area contributed by atoms with Crippen LogP contribution in [0.25, 0.3) is 0 Å². The largest absolute Gasteiger partial charge is 0.383 e. The first-order valence-corrected chi connectivity index (χ1v) is 7.77. The lowest BCUT2D eigenvalue weighted by Gasteiger charge is -2.20. The Morgan fingerprint density at radius 2 is 2.33 bits per heavy atom. The van der Waals surface area contributed by atoms with Gasteiger partial charge in [-0.25, -0.2) is 4.68 Å². The third kappa shape index (κ3) is 4.43. The minimum absolute atomic E-state index is 0.190. The first-order valence-electron chi connectivity index (χ1n) is 7.39. The molecule has 0 unspecified atom stereocenters. The van der Waals surface area contributed by atoms with Gasteiger partial charge in [-0.15, -0.1) is 0 Å². The van der Waals surface area contributed by atoms with Crippen LogP contribution >= 0.6 is 11.6 Å². The smallest absolute Gasteiger partial charge is 0.287 e. The van der Waals surface area contributed by atoms with Crippen LogP contribution in [0.2, 0.25) is 5.02 Å². The van der Waals surface area contributed by atoms with Crippen LogP contribution in [0.4, 0.5) is 5.69 Å². The first-order chi connectivity index (χ1) is 10.2. The lowest BCUT2D eigenvalue weighted by atomic mass is 10.4. The molecule has 7 heteroatoms. The van der Waals surface area contributed by atoms with Crippen molar-refractivity contribution >= 4 is 17.3 Å². The minimum Gasteiger partial charge on any atom is -0.383 e. The summed E-state index contributed by atoms with van der Waals surface area (Å²) in [6.07, 6.45) is 4.20. The zero-order valence-corrected chi connectivity index (χ0v) is 13.4. The van der Waals surface area contributed by atoms with Crippen LogP contribution in [-0.2, 0) is 11.3 Å². The maximum absolute atomic E-state index is 12.0. The van der Waals surface area contributed by atoms with E-state index in [2.05, 4.69) is 22.2 Å². The summed E-state index contributed by atoms with van der Waals surface area (Å²) in [6, 6.07) is 0.743. The Bertz CT molecular complexity index is 516. The molecular weight excluding hydrogens is 292 g/mol. The van der Waals surface area contributed by atoms with Crippen molar-refractivity contribution in [1.29, 1.82) is 0 Å². The van der Waals surface area contributed by atoms with Gasteiger partial charge in [-0.05, 0) is 19.4 Å². The Hall–Kier alpha value is -1.11. The van der Waals surface area contributed by atoms with E-state index in [9.17, 15) is 4.79 Å². The van der Waals surface area contributed by atoms with Crippen LogP contribution in [0.15, 0.2) is 11.0 Å².